The summed E-state index contributed by atoms with van der Waals surface area (Å²) in [5, 5.41) is 7.41. The van der Waals surface area contributed by atoms with E-state index in [0.29, 0.717) is 6.42 Å². The van der Waals surface area contributed by atoms with Crippen molar-refractivity contribution in [3.63, 3.8) is 0 Å². The lowest BCUT2D eigenvalue weighted by Gasteiger charge is -2.17. The van der Waals surface area contributed by atoms with Crippen LogP contribution in [0.5, 0.6) is 0 Å². The molecule has 1 N–H and O–H groups in total. The van der Waals surface area contributed by atoms with Crippen molar-refractivity contribution in [3.05, 3.63) is 40.5 Å². The average Bonchev–Trinajstić information content (AvgIpc) is 2.77. The minimum atomic E-state index is -3.70. The van der Waals surface area contributed by atoms with Crippen molar-refractivity contribution in [1.82, 2.24) is 19.7 Å². The zero-order valence-electron chi connectivity index (χ0n) is 11.1. The number of benzene rings is 1. The van der Waals surface area contributed by atoms with Gasteiger partial charge in [-0.25, -0.2) is 17.8 Å². The summed E-state index contributed by atoms with van der Waals surface area (Å²) >= 11 is 3.11. The van der Waals surface area contributed by atoms with Gasteiger partial charge in [-0.15, -0.1) is 5.10 Å². The van der Waals surface area contributed by atoms with Gasteiger partial charge < -0.3 is 0 Å². The highest BCUT2D eigenvalue weighted by Crippen LogP contribution is 2.22. The van der Waals surface area contributed by atoms with E-state index in [4.69, 9.17) is 0 Å². The number of sulfonamides is 1. The van der Waals surface area contributed by atoms with Gasteiger partial charge in [0.1, 0.15) is 0 Å². The van der Waals surface area contributed by atoms with Crippen LogP contribution in [0.1, 0.15) is 24.9 Å². The molecule has 0 aliphatic heterocycles. The van der Waals surface area contributed by atoms with E-state index in [0.717, 1.165) is 5.56 Å². The molecular weight excluding hydrogens is 344 g/mol. The van der Waals surface area contributed by atoms with Gasteiger partial charge >= 0.3 is 0 Å². The number of aromatic nitrogens is 3. The highest BCUT2D eigenvalue weighted by molar-refractivity contribution is 9.10. The average molecular weight is 359 g/mol. The Bertz CT molecular complexity index is 665. The van der Waals surface area contributed by atoms with Crippen molar-refractivity contribution in [3.8, 4) is 0 Å². The molecule has 1 unspecified atom stereocenters. The van der Waals surface area contributed by atoms with Crippen LogP contribution in [0.4, 0.5) is 0 Å². The lowest BCUT2D eigenvalue weighted by Crippen LogP contribution is -2.30. The van der Waals surface area contributed by atoms with E-state index < -0.39 is 10.0 Å². The standard InChI is InChI=1S/C12H15BrN4O2S/c1-3-10(9-7-5-4-6-8-9)15-20(18,19)12-11(13)14-16-17(12)2/h4-8,10,15H,3H2,1-2H3. The second kappa shape index (κ2) is 6.02. The lowest BCUT2D eigenvalue weighted by atomic mass is 10.1. The molecule has 8 heteroatoms. The first kappa shape index (κ1) is 15.1. The number of halogens is 1. The fraction of sp³-hybridized carbons (Fsp3) is 0.333. The van der Waals surface area contributed by atoms with Crippen molar-refractivity contribution in [1.29, 1.82) is 0 Å². The summed E-state index contributed by atoms with van der Waals surface area (Å²) in [4.78, 5) is 0. The molecule has 6 nitrogen and oxygen atoms in total. The summed E-state index contributed by atoms with van der Waals surface area (Å²) < 4.78 is 29.0. The van der Waals surface area contributed by atoms with Crippen LogP contribution in [0.15, 0.2) is 40.0 Å². The van der Waals surface area contributed by atoms with Crippen molar-refractivity contribution in [2.45, 2.75) is 24.4 Å². The topological polar surface area (TPSA) is 76.9 Å². The SMILES string of the molecule is CCC(NS(=O)(=O)c1c(Br)nnn1C)c1ccccc1. The molecular formula is C12H15BrN4O2S. The van der Waals surface area contributed by atoms with Gasteiger partial charge in [-0.2, -0.15) is 0 Å². The van der Waals surface area contributed by atoms with E-state index in [9.17, 15) is 8.42 Å². The van der Waals surface area contributed by atoms with Gasteiger partial charge in [-0.05, 0) is 27.9 Å². The number of hydrogen-bond donors (Lipinski definition) is 1. The number of nitrogens with zero attached hydrogens (tertiary/aromatic N) is 3. The predicted molar refractivity (Wildman–Crippen MR) is 78.5 cm³/mol. The summed E-state index contributed by atoms with van der Waals surface area (Å²) in [7, 11) is -2.16. The molecule has 0 amide bonds. The Morgan fingerprint density at radius 3 is 2.50 bits per heavy atom. The fourth-order valence-electron chi connectivity index (χ4n) is 1.92. The summed E-state index contributed by atoms with van der Waals surface area (Å²) in [5.41, 5.74) is 0.921. The van der Waals surface area contributed by atoms with E-state index >= 15 is 0 Å². The second-order valence-corrected chi connectivity index (χ2v) is 6.68. The normalized spacial score (nSPS) is 13.3. The maximum atomic E-state index is 12.4. The Morgan fingerprint density at radius 2 is 2.00 bits per heavy atom. The molecule has 0 bridgehead atoms. The molecule has 1 aromatic heterocycles. The van der Waals surface area contributed by atoms with Crippen molar-refractivity contribution < 1.29 is 8.42 Å². The maximum absolute atomic E-state index is 12.4. The quantitative estimate of drug-likeness (QED) is 0.886. The van der Waals surface area contributed by atoms with Crippen LogP contribution < -0.4 is 4.72 Å². The van der Waals surface area contributed by atoms with Crippen molar-refractivity contribution in [2.24, 2.45) is 7.05 Å². The first-order valence-electron chi connectivity index (χ1n) is 6.08. The van der Waals surface area contributed by atoms with Crippen molar-refractivity contribution >= 4 is 26.0 Å². The predicted octanol–water partition coefficient (Wildman–Crippen LogP) is 2.01. The zero-order valence-corrected chi connectivity index (χ0v) is 13.5. The molecule has 0 spiro atoms. The number of hydrogen-bond acceptors (Lipinski definition) is 4. The van der Waals surface area contributed by atoms with E-state index in [1.807, 2.05) is 37.3 Å². The molecule has 108 valence electrons. The van der Waals surface area contributed by atoms with Crippen LogP contribution in [0.25, 0.3) is 0 Å². The fourth-order valence-corrected chi connectivity index (χ4v) is 4.33. The van der Waals surface area contributed by atoms with Gasteiger partial charge in [-0.1, -0.05) is 42.5 Å². The van der Waals surface area contributed by atoms with Crippen LogP contribution >= 0.6 is 15.9 Å². The number of nitrogens with one attached hydrogen (secondary N) is 1. The Balaban J connectivity index is 2.32. The van der Waals surface area contributed by atoms with E-state index in [-0.39, 0.29) is 15.7 Å². The smallest absolute Gasteiger partial charge is 0.235 e. The summed E-state index contributed by atoms with van der Waals surface area (Å²) in [6.07, 6.45) is 0.645. The summed E-state index contributed by atoms with van der Waals surface area (Å²) in [5.74, 6) is 0. The van der Waals surface area contributed by atoms with Gasteiger partial charge in [0.05, 0.1) is 0 Å². The Hall–Kier alpha value is -1.25. The minimum Gasteiger partial charge on any atom is -0.235 e. The maximum Gasteiger partial charge on any atom is 0.261 e. The van der Waals surface area contributed by atoms with E-state index in [2.05, 4.69) is 31.0 Å². The van der Waals surface area contributed by atoms with Gasteiger partial charge in [-0.3, -0.25) is 0 Å². The molecule has 0 aliphatic carbocycles. The molecule has 20 heavy (non-hydrogen) atoms. The van der Waals surface area contributed by atoms with Crippen LogP contribution in [0, 0.1) is 0 Å². The van der Waals surface area contributed by atoms with E-state index in [1.54, 1.807) is 0 Å². The van der Waals surface area contributed by atoms with Gasteiger partial charge in [0.2, 0.25) is 5.03 Å². The molecule has 2 aromatic rings. The van der Waals surface area contributed by atoms with E-state index in [1.165, 1.54) is 11.7 Å². The second-order valence-electron chi connectivity index (χ2n) is 4.30. The van der Waals surface area contributed by atoms with Crippen molar-refractivity contribution in [2.75, 3.05) is 0 Å². The number of rotatable bonds is 5. The number of aryl methyl sites for hydroxylation is 1. The first-order valence-corrected chi connectivity index (χ1v) is 8.35. The van der Waals surface area contributed by atoms with Gasteiger partial charge in [0, 0.05) is 13.1 Å². The summed E-state index contributed by atoms with van der Waals surface area (Å²) in [6.45, 7) is 1.93. The Labute approximate surface area is 126 Å². The zero-order chi connectivity index (χ0) is 14.8. The minimum absolute atomic E-state index is 0.0203. The van der Waals surface area contributed by atoms with Gasteiger partial charge in [0.15, 0.2) is 4.60 Å². The van der Waals surface area contributed by atoms with Gasteiger partial charge in [0.25, 0.3) is 10.0 Å². The van der Waals surface area contributed by atoms with Crippen LogP contribution in [-0.2, 0) is 17.1 Å². The summed E-state index contributed by atoms with van der Waals surface area (Å²) in [6, 6.07) is 9.16. The lowest BCUT2D eigenvalue weighted by molar-refractivity contribution is 0.534. The van der Waals surface area contributed by atoms with Crippen LogP contribution in [-0.4, -0.2) is 23.4 Å². The third-order valence-corrected chi connectivity index (χ3v) is 5.26. The van der Waals surface area contributed by atoms with Crippen LogP contribution in [0.2, 0.25) is 0 Å². The third kappa shape index (κ3) is 3.08. The highest BCUT2D eigenvalue weighted by Gasteiger charge is 2.26. The molecule has 1 heterocycles. The largest absolute Gasteiger partial charge is 0.261 e. The molecule has 0 saturated heterocycles. The molecule has 0 radical (unpaired) electrons. The third-order valence-electron chi connectivity index (χ3n) is 2.90. The molecule has 0 aliphatic rings. The first-order chi connectivity index (χ1) is 9.45. The molecule has 0 fully saturated rings. The highest BCUT2D eigenvalue weighted by atomic mass is 79.9. The molecule has 1 aromatic carbocycles. The monoisotopic (exact) mass is 358 g/mol. The van der Waals surface area contributed by atoms with Crippen LogP contribution in [0.3, 0.4) is 0 Å². The Kier molecular flexibility index (Phi) is 4.56. The molecule has 1 atom stereocenters. The Morgan fingerprint density at radius 1 is 1.35 bits per heavy atom. The molecule has 2 rings (SSSR count). The molecule has 0 saturated carbocycles.